The molecule has 1 aromatic heterocycles. The molecule has 0 fully saturated rings. The van der Waals surface area contributed by atoms with Gasteiger partial charge in [-0.05, 0) is 42.7 Å². The molecule has 1 N–H and O–H groups in total. The quantitative estimate of drug-likeness (QED) is 0.914. The summed E-state index contributed by atoms with van der Waals surface area (Å²) in [6.07, 6.45) is 3.52. The number of benzene rings is 1. The van der Waals surface area contributed by atoms with Gasteiger partial charge in [0.2, 0.25) is 0 Å². The van der Waals surface area contributed by atoms with Gasteiger partial charge in [0.15, 0.2) is 0 Å². The lowest BCUT2D eigenvalue weighted by Crippen LogP contribution is -2.11. The van der Waals surface area contributed by atoms with Crippen molar-refractivity contribution >= 4 is 15.9 Å². The fourth-order valence-electron chi connectivity index (χ4n) is 1.80. The SMILES string of the molecule is OC(CCc1ccco1)Cc1cccc(Br)c1. The lowest BCUT2D eigenvalue weighted by molar-refractivity contribution is 0.163. The van der Waals surface area contributed by atoms with Crippen LogP contribution in [0.3, 0.4) is 0 Å². The van der Waals surface area contributed by atoms with E-state index in [0.29, 0.717) is 6.42 Å². The first-order valence-corrected chi connectivity index (χ1v) is 6.48. The highest BCUT2D eigenvalue weighted by atomic mass is 79.9. The van der Waals surface area contributed by atoms with Gasteiger partial charge in [0.05, 0.1) is 12.4 Å². The maximum Gasteiger partial charge on any atom is 0.103 e. The highest BCUT2D eigenvalue weighted by Gasteiger charge is 2.07. The molecule has 0 amide bonds. The Morgan fingerprint density at radius 2 is 2.12 bits per heavy atom. The van der Waals surface area contributed by atoms with E-state index in [9.17, 15) is 5.11 Å². The molecular weight excluding hydrogens is 280 g/mol. The molecule has 1 unspecified atom stereocenters. The van der Waals surface area contributed by atoms with Crippen LogP contribution in [0.15, 0.2) is 51.6 Å². The molecule has 2 aromatic rings. The lowest BCUT2D eigenvalue weighted by Gasteiger charge is -2.09. The van der Waals surface area contributed by atoms with E-state index in [0.717, 1.165) is 28.6 Å². The molecule has 0 saturated heterocycles. The Morgan fingerprint density at radius 1 is 1.24 bits per heavy atom. The summed E-state index contributed by atoms with van der Waals surface area (Å²) in [7, 11) is 0. The van der Waals surface area contributed by atoms with Crippen LogP contribution in [0.2, 0.25) is 0 Å². The van der Waals surface area contributed by atoms with E-state index < -0.39 is 0 Å². The molecule has 2 nitrogen and oxygen atoms in total. The Balaban J connectivity index is 1.83. The van der Waals surface area contributed by atoms with Crippen molar-refractivity contribution in [2.24, 2.45) is 0 Å². The van der Waals surface area contributed by atoms with Gasteiger partial charge in [-0.3, -0.25) is 0 Å². The van der Waals surface area contributed by atoms with Crippen LogP contribution in [0.5, 0.6) is 0 Å². The molecule has 1 atom stereocenters. The van der Waals surface area contributed by atoms with E-state index in [-0.39, 0.29) is 6.10 Å². The van der Waals surface area contributed by atoms with Gasteiger partial charge >= 0.3 is 0 Å². The van der Waals surface area contributed by atoms with E-state index in [1.807, 2.05) is 36.4 Å². The number of furan rings is 1. The maximum absolute atomic E-state index is 9.94. The summed E-state index contributed by atoms with van der Waals surface area (Å²) < 4.78 is 6.28. The Morgan fingerprint density at radius 3 is 2.82 bits per heavy atom. The molecule has 0 aliphatic rings. The standard InChI is InChI=1S/C14H15BrO2/c15-12-4-1-3-11(9-12)10-13(16)6-7-14-5-2-8-17-14/h1-5,8-9,13,16H,6-7,10H2. The van der Waals surface area contributed by atoms with Gasteiger partial charge in [0, 0.05) is 10.9 Å². The Bertz CT molecular complexity index is 451. The molecule has 2 rings (SSSR count). The molecular formula is C14H15BrO2. The zero-order chi connectivity index (χ0) is 12.1. The van der Waals surface area contributed by atoms with Crippen molar-refractivity contribution in [2.75, 3.05) is 0 Å². The first-order valence-electron chi connectivity index (χ1n) is 5.69. The molecule has 1 aromatic carbocycles. The molecule has 0 aliphatic carbocycles. The monoisotopic (exact) mass is 294 g/mol. The summed E-state index contributed by atoms with van der Waals surface area (Å²) in [6, 6.07) is 11.8. The van der Waals surface area contributed by atoms with Crippen molar-refractivity contribution in [3.05, 3.63) is 58.5 Å². The number of aliphatic hydroxyl groups excluding tert-OH is 1. The second-order valence-electron chi connectivity index (χ2n) is 4.11. The minimum absolute atomic E-state index is 0.325. The number of aliphatic hydroxyl groups is 1. The third-order valence-corrected chi connectivity index (χ3v) is 3.16. The predicted molar refractivity (Wildman–Crippen MR) is 70.9 cm³/mol. The van der Waals surface area contributed by atoms with Crippen LogP contribution in [0, 0.1) is 0 Å². The van der Waals surface area contributed by atoms with Crippen LogP contribution in [0.25, 0.3) is 0 Å². The molecule has 90 valence electrons. The topological polar surface area (TPSA) is 33.4 Å². The molecule has 0 aliphatic heterocycles. The molecule has 0 spiro atoms. The molecule has 0 radical (unpaired) electrons. The second-order valence-corrected chi connectivity index (χ2v) is 5.02. The smallest absolute Gasteiger partial charge is 0.103 e. The number of hydrogen-bond acceptors (Lipinski definition) is 2. The number of halogens is 1. The number of aryl methyl sites for hydroxylation is 1. The summed E-state index contributed by atoms with van der Waals surface area (Å²) >= 11 is 3.43. The number of rotatable bonds is 5. The maximum atomic E-state index is 9.94. The Labute approximate surface area is 109 Å². The highest BCUT2D eigenvalue weighted by Crippen LogP contribution is 2.15. The van der Waals surface area contributed by atoms with Crippen molar-refractivity contribution in [2.45, 2.75) is 25.4 Å². The largest absolute Gasteiger partial charge is 0.469 e. The molecule has 0 bridgehead atoms. The fraction of sp³-hybridized carbons (Fsp3) is 0.286. The average molecular weight is 295 g/mol. The van der Waals surface area contributed by atoms with E-state index in [1.54, 1.807) is 6.26 Å². The predicted octanol–water partition coefficient (Wildman–Crippen LogP) is 3.58. The normalized spacial score (nSPS) is 12.6. The zero-order valence-electron chi connectivity index (χ0n) is 9.47. The summed E-state index contributed by atoms with van der Waals surface area (Å²) in [5, 5.41) is 9.94. The minimum atomic E-state index is -0.325. The van der Waals surface area contributed by atoms with Gasteiger partial charge in [-0.25, -0.2) is 0 Å². The first-order chi connectivity index (χ1) is 8.24. The molecule has 17 heavy (non-hydrogen) atoms. The average Bonchev–Trinajstić information content (AvgIpc) is 2.79. The van der Waals surface area contributed by atoms with Gasteiger partial charge in [-0.1, -0.05) is 28.1 Å². The van der Waals surface area contributed by atoms with Gasteiger partial charge in [0.1, 0.15) is 5.76 Å². The van der Waals surface area contributed by atoms with Crippen LogP contribution in [-0.2, 0) is 12.8 Å². The second kappa shape index (κ2) is 6.03. The van der Waals surface area contributed by atoms with Crippen LogP contribution in [0.1, 0.15) is 17.7 Å². The number of hydrogen-bond donors (Lipinski definition) is 1. The van der Waals surface area contributed by atoms with Crippen LogP contribution >= 0.6 is 15.9 Å². The summed E-state index contributed by atoms with van der Waals surface area (Å²) in [5.41, 5.74) is 1.14. The molecule has 0 saturated carbocycles. The van der Waals surface area contributed by atoms with Crippen molar-refractivity contribution in [1.82, 2.24) is 0 Å². The highest BCUT2D eigenvalue weighted by molar-refractivity contribution is 9.10. The van der Waals surface area contributed by atoms with E-state index in [1.165, 1.54) is 0 Å². The van der Waals surface area contributed by atoms with Crippen molar-refractivity contribution in [1.29, 1.82) is 0 Å². The van der Waals surface area contributed by atoms with Gasteiger partial charge in [-0.2, -0.15) is 0 Å². The minimum Gasteiger partial charge on any atom is -0.469 e. The van der Waals surface area contributed by atoms with E-state index >= 15 is 0 Å². The third kappa shape index (κ3) is 4.02. The molecule has 1 heterocycles. The van der Waals surface area contributed by atoms with Crippen LogP contribution in [-0.4, -0.2) is 11.2 Å². The van der Waals surface area contributed by atoms with Crippen molar-refractivity contribution in [3.63, 3.8) is 0 Å². The van der Waals surface area contributed by atoms with E-state index in [2.05, 4.69) is 15.9 Å². The van der Waals surface area contributed by atoms with E-state index in [4.69, 9.17) is 4.42 Å². The van der Waals surface area contributed by atoms with Crippen molar-refractivity contribution in [3.8, 4) is 0 Å². The van der Waals surface area contributed by atoms with Crippen LogP contribution < -0.4 is 0 Å². The third-order valence-electron chi connectivity index (χ3n) is 2.66. The zero-order valence-corrected chi connectivity index (χ0v) is 11.1. The summed E-state index contributed by atoms with van der Waals surface area (Å²) in [5.74, 6) is 0.929. The Hall–Kier alpha value is -1.06. The lowest BCUT2D eigenvalue weighted by atomic mass is 10.0. The Kier molecular flexibility index (Phi) is 4.40. The summed E-state index contributed by atoms with van der Waals surface area (Å²) in [6.45, 7) is 0. The molecule has 3 heteroatoms. The van der Waals surface area contributed by atoms with Gasteiger partial charge in [-0.15, -0.1) is 0 Å². The first kappa shape index (κ1) is 12.4. The van der Waals surface area contributed by atoms with Crippen LogP contribution in [0.4, 0.5) is 0 Å². The van der Waals surface area contributed by atoms with Gasteiger partial charge < -0.3 is 9.52 Å². The van der Waals surface area contributed by atoms with Gasteiger partial charge in [0.25, 0.3) is 0 Å². The summed E-state index contributed by atoms with van der Waals surface area (Å²) in [4.78, 5) is 0. The fourth-order valence-corrected chi connectivity index (χ4v) is 2.25. The van der Waals surface area contributed by atoms with Crippen molar-refractivity contribution < 1.29 is 9.52 Å².